The van der Waals surface area contributed by atoms with Crippen LogP contribution in [0.3, 0.4) is 0 Å². The van der Waals surface area contributed by atoms with Gasteiger partial charge in [-0.3, -0.25) is 4.79 Å². The van der Waals surface area contributed by atoms with Gasteiger partial charge in [0.2, 0.25) is 0 Å². The molecule has 0 spiro atoms. The van der Waals surface area contributed by atoms with E-state index in [1.165, 1.54) is 12.3 Å². The van der Waals surface area contributed by atoms with Crippen molar-refractivity contribution in [2.24, 2.45) is 5.73 Å². The number of hydrogen-bond acceptors (Lipinski definition) is 4. The minimum Gasteiger partial charge on any atom is -0.507 e. The number of nitrogens with zero attached hydrogens (tertiary/aromatic N) is 1. The monoisotopic (exact) mass is 228 g/mol. The summed E-state index contributed by atoms with van der Waals surface area (Å²) in [6, 6.07) is 6.24. The van der Waals surface area contributed by atoms with E-state index in [0.717, 1.165) is 0 Å². The molecule has 0 radical (unpaired) electrons. The first-order chi connectivity index (χ1) is 8.16. The van der Waals surface area contributed by atoms with Crippen LogP contribution < -0.4 is 5.73 Å². The van der Waals surface area contributed by atoms with Gasteiger partial charge in [-0.2, -0.15) is 0 Å². The molecule has 3 N–H and O–H groups in total. The summed E-state index contributed by atoms with van der Waals surface area (Å²) in [5.41, 5.74) is 5.92. The van der Waals surface area contributed by atoms with Crippen LogP contribution in [-0.4, -0.2) is 16.2 Å². The van der Waals surface area contributed by atoms with Crippen molar-refractivity contribution in [1.82, 2.24) is 5.16 Å². The normalized spacial score (nSPS) is 9.41. The van der Waals surface area contributed by atoms with E-state index in [9.17, 15) is 9.90 Å². The summed E-state index contributed by atoms with van der Waals surface area (Å²) in [4.78, 5) is 10.5. The highest BCUT2D eigenvalue weighted by Gasteiger charge is 2.08. The fourth-order valence-electron chi connectivity index (χ4n) is 1.30. The molecule has 2 rings (SSSR count). The van der Waals surface area contributed by atoms with Crippen molar-refractivity contribution in [1.29, 1.82) is 0 Å². The lowest BCUT2D eigenvalue weighted by Crippen LogP contribution is -2.06. The highest BCUT2D eigenvalue weighted by Crippen LogP contribution is 2.29. The Kier molecular flexibility index (Phi) is 2.79. The van der Waals surface area contributed by atoms with E-state index in [-0.39, 0.29) is 5.75 Å². The molecule has 5 nitrogen and oxygen atoms in total. The maximum atomic E-state index is 10.5. The van der Waals surface area contributed by atoms with E-state index in [0.29, 0.717) is 16.9 Å². The first kappa shape index (κ1) is 10.8. The zero-order valence-electron chi connectivity index (χ0n) is 8.68. The van der Waals surface area contributed by atoms with E-state index < -0.39 is 5.91 Å². The molecule has 1 aromatic carbocycles. The highest BCUT2D eigenvalue weighted by atomic mass is 16.5. The summed E-state index contributed by atoms with van der Waals surface area (Å²) >= 11 is 0. The molecule has 84 valence electrons. The number of primary amides is 1. The van der Waals surface area contributed by atoms with Crippen LogP contribution in [0, 0.1) is 11.8 Å². The van der Waals surface area contributed by atoms with Gasteiger partial charge in [0.15, 0.2) is 5.76 Å². The van der Waals surface area contributed by atoms with E-state index in [2.05, 4.69) is 17.0 Å². The van der Waals surface area contributed by atoms with Gasteiger partial charge < -0.3 is 15.4 Å². The van der Waals surface area contributed by atoms with Gasteiger partial charge in [0.25, 0.3) is 5.91 Å². The lowest BCUT2D eigenvalue weighted by atomic mass is 10.1. The Hall–Kier alpha value is -2.74. The van der Waals surface area contributed by atoms with Crippen LogP contribution in [0.25, 0.3) is 11.3 Å². The summed E-state index contributed by atoms with van der Waals surface area (Å²) < 4.78 is 4.93. The molecule has 0 aliphatic rings. The summed E-state index contributed by atoms with van der Waals surface area (Å²) in [6.07, 6.45) is 1.47. The Morgan fingerprint density at radius 3 is 2.88 bits per heavy atom. The highest BCUT2D eigenvalue weighted by molar-refractivity contribution is 5.92. The SMILES string of the molecule is NC(=O)C#Cc1ccc(O)c(-c2ccno2)c1. The predicted octanol–water partition coefficient (Wildman–Crippen LogP) is 0.884. The molecular weight excluding hydrogens is 220 g/mol. The number of amides is 1. The molecule has 1 aromatic heterocycles. The molecule has 0 aliphatic carbocycles. The van der Waals surface area contributed by atoms with Crippen LogP contribution in [0.15, 0.2) is 35.0 Å². The Morgan fingerprint density at radius 1 is 1.41 bits per heavy atom. The van der Waals surface area contributed by atoms with Crippen molar-refractivity contribution in [2.45, 2.75) is 0 Å². The van der Waals surface area contributed by atoms with Crippen LogP contribution in [-0.2, 0) is 4.79 Å². The minimum atomic E-state index is -0.709. The van der Waals surface area contributed by atoms with Gasteiger partial charge in [0.1, 0.15) is 5.75 Å². The average molecular weight is 228 g/mol. The molecule has 0 aliphatic heterocycles. The van der Waals surface area contributed by atoms with Crippen molar-refractivity contribution in [3.63, 3.8) is 0 Å². The maximum absolute atomic E-state index is 10.5. The minimum absolute atomic E-state index is 0.0476. The number of rotatable bonds is 1. The average Bonchev–Trinajstić information content (AvgIpc) is 2.81. The van der Waals surface area contributed by atoms with Crippen LogP contribution in [0.1, 0.15) is 5.56 Å². The van der Waals surface area contributed by atoms with Crippen molar-refractivity contribution in [2.75, 3.05) is 0 Å². The van der Waals surface area contributed by atoms with Crippen LogP contribution in [0.5, 0.6) is 5.75 Å². The van der Waals surface area contributed by atoms with Gasteiger partial charge in [0, 0.05) is 11.6 Å². The summed E-state index contributed by atoms with van der Waals surface area (Å²) in [5.74, 6) is 4.55. The number of aromatic hydroxyl groups is 1. The third-order valence-corrected chi connectivity index (χ3v) is 2.03. The fraction of sp³-hybridized carbons (Fsp3) is 0. The quantitative estimate of drug-likeness (QED) is 0.709. The smallest absolute Gasteiger partial charge is 0.293 e. The molecule has 17 heavy (non-hydrogen) atoms. The number of carbonyl (C=O) groups excluding carboxylic acids is 1. The predicted molar refractivity (Wildman–Crippen MR) is 59.7 cm³/mol. The number of benzene rings is 1. The van der Waals surface area contributed by atoms with E-state index in [1.807, 2.05) is 0 Å². The van der Waals surface area contributed by atoms with Crippen molar-refractivity contribution >= 4 is 5.91 Å². The molecule has 0 fully saturated rings. The third kappa shape index (κ3) is 2.44. The van der Waals surface area contributed by atoms with Crippen molar-refractivity contribution in [3.8, 4) is 28.9 Å². The number of phenolic OH excluding ortho intramolecular Hbond substituents is 1. The number of aromatic nitrogens is 1. The summed E-state index contributed by atoms with van der Waals surface area (Å²) in [6.45, 7) is 0. The second-order valence-corrected chi connectivity index (χ2v) is 3.22. The standard InChI is InChI=1S/C12H8N2O3/c13-12(16)4-2-8-1-3-10(15)9(7-8)11-5-6-14-17-11/h1,3,5-7,15H,(H2,13,16). The molecular formula is C12H8N2O3. The summed E-state index contributed by atoms with van der Waals surface area (Å²) in [5, 5.41) is 13.2. The molecule has 1 heterocycles. The van der Waals surface area contributed by atoms with Gasteiger partial charge in [-0.1, -0.05) is 11.1 Å². The molecule has 0 bridgehead atoms. The Bertz CT molecular complexity index is 606. The van der Waals surface area contributed by atoms with E-state index in [1.54, 1.807) is 18.2 Å². The second kappa shape index (κ2) is 4.41. The topological polar surface area (TPSA) is 89.4 Å². The van der Waals surface area contributed by atoms with Crippen molar-refractivity contribution < 1.29 is 14.4 Å². The molecule has 0 unspecified atom stereocenters. The first-order valence-corrected chi connectivity index (χ1v) is 4.72. The number of carbonyl (C=O) groups is 1. The Labute approximate surface area is 96.8 Å². The van der Waals surface area contributed by atoms with Gasteiger partial charge in [0.05, 0.1) is 11.8 Å². The Balaban J connectivity index is 2.45. The van der Waals surface area contributed by atoms with Gasteiger partial charge in [-0.05, 0) is 24.1 Å². The van der Waals surface area contributed by atoms with Gasteiger partial charge >= 0.3 is 0 Å². The van der Waals surface area contributed by atoms with Gasteiger partial charge in [-0.15, -0.1) is 0 Å². The van der Waals surface area contributed by atoms with Crippen molar-refractivity contribution in [3.05, 3.63) is 36.0 Å². The largest absolute Gasteiger partial charge is 0.507 e. The third-order valence-electron chi connectivity index (χ3n) is 2.03. The molecule has 1 amide bonds. The first-order valence-electron chi connectivity index (χ1n) is 4.72. The van der Waals surface area contributed by atoms with Crippen LogP contribution in [0.4, 0.5) is 0 Å². The Morgan fingerprint density at radius 2 is 2.24 bits per heavy atom. The molecule has 0 saturated carbocycles. The zero-order valence-corrected chi connectivity index (χ0v) is 8.68. The summed E-state index contributed by atoms with van der Waals surface area (Å²) in [7, 11) is 0. The molecule has 0 atom stereocenters. The zero-order chi connectivity index (χ0) is 12.3. The van der Waals surface area contributed by atoms with Gasteiger partial charge in [-0.25, -0.2) is 0 Å². The second-order valence-electron chi connectivity index (χ2n) is 3.22. The van der Waals surface area contributed by atoms with E-state index in [4.69, 9.17) is 10.3 Å². The van der Waals surface area contributed by atoms with Crippen LogP contribution in [0.2, 0.25) is 0 Å². The fourth-order valence-corrected chi connectivity index (χ4v) is 1.30. The van der Waals surface area contributed by atoms with Crippen LogP contribution >= 0.6 is 0 Å². The lowest BCUT2D eigenvalue weighted by Gasteiger charge is -2.00. The molecule has 5 heteroatoms. The number of nitrogens with two attached hydrogens (primary N) is 1. The number of phenols is 1. The number of hydrogen-bond donors (Lipinski definition) is 2. The molecule has 0 saturated heterocycles. The maximum Gasteiger partial charge on any atom is 0.293 e. The van der Waals surface area contributed by atoms with E-state index >= 15 is 0 Å². The lowest BCUT2D eigenvalue weighted by molar-refractivity contribution is -0.112. The molecule has 2 aromatic rings.